The van der Waals surface area contributed by atoms with Crippen molar-refractivity contribution in [2.24, 2.45) is 0 Å². The molecule has 0 fully saturated rings. The van der Waals surface area contributed by atoms with Gasteiger partial charge in [0.2, 0.25) is 5.91 Å². The van der Waals surface area contributed by atoms with E-state index in [2.05, 4.69) is 92.1 Å². The van der Waals surface area contributed by atoms with Gasteiger partial charge in [-0.2, -0.15) is 0 Å². The lowest BCUT2D eigenvalue weighted by molar-refractivity contribution is -0.870. The number of phosphoric ester groups is 1. The van der Waals surface area contributed by atoms with Crippen LogP contribution in [-0.2, 0) is 18.4 Å². The molecule has 0 aliphatic heterocycles. The number of likely N-dealkylation sites (N-methyl/N-ethyl adjacent to an activating group) is 1. The number of unbranched alkanes of at least 4 members (excludes halogenated alkanes) is 10. The highest BCUT2D eigenvalue weighted by Gasteiger charge is 2.27. The van der Waals surface area contributed by atoms with Crippen molar-refractivity contribution in [1.29, 1.82) is 0 Å². The summed E-state index contributed by atoms with van der Waals surface area (Å²) >= 11 is 0. The maximum Gasteiger partial charge on any atom is 0.472 e. The molecule has 0 rings (SSSR count). The number of rotatable bonds is 35. The van der Waals surface area contributed by atoms with Gasteiger partial charge in [-0.1, -0.05) is 131 Å². The fourth-order valence-corrected chi connectivity index (χ4v) is 5.80. The lowest BCUT2D eigenvalue weighted by atomic mass is 10.1. The zero-order chi connectivity index (χ0) is 39.3. The van der Waals surface area contributed by atoms with Crippen LogP contribution in [0.5, 0.6) is 0 Å². The van der Waals surface area contributed by atoms with E-state index in [1.807, 2.05) is 27.2 Å². The van der Waals surface area contributed by atoms with E-state index >= 15 is 0 Å². The van der Waals surface area contributed by atoms with Crippen molar-refractivity contribution in [1.82, 2.24) is 5.32 Å². The zero-order valence-corrected chi connectivity index (χ0v) is 35.1. The Labute approximate surface area is 325 Å². The molecule has 0 radical (unpaired) electrons. The predicted octanol–water partition coefficient (Wildman–Crippen LogP) is 11.0. The number of nitrogens with zero attached hydrogens (tertiary/aromatic N) is 1. The summed E-state index contributed by atoms with van der Waals surface area (Å²) in [6.45, 7) is 4.59. The van der Waals surface area contributed by atoms with Crippen LogP contribution in [0, 0.1) is 0 Å². The second kappa shape index (κ2) is 35.4. The standard InChI is InChI=1S/C44H77N2O6P/c1-6-8-10-12-14-16-18-20-22-24-25-27-29-31-33-35-37-43(47)42(41-52-53(49,50)51-40-39-46(3,4)5)45-44(48)38-36-34-32-30-28-26-23-21-19-17-15-13-11-9-7-2/h9,11,15,17,20-23,27-30,35,37,42-43,47H,6-8,10,12-14,16,18-19,24-26,31-34,36,38-41H2,1-5H3,(H-,45,48,49,50)/p+1/b11-9-,17-15-,22-20+,23-21-,29-27+,30-28-,37-35+. The first kappa shape index (κ1) is 50.7. The molecular weight excluding hydrogens is 683 g/mol. The van der Waals surface area contributed by atoms with Gasteiger partial charge in [-0.15, -0.1) is 0 Å². The van der Waals surface area contributed by atoms with Gasteiger partial charge in [-0.3, -0.25) is 13.8 Å². The molecule has 3 unspecified atom stereocenters. The highest BCUT2D eigenvalue weighted by Crippen LogP contribution is 2.43. The lowest BCUT2D eigenvalue weighted by Gasteiger charge is -2.25. The molecule has 0 aromatic carbocycles. The maximum atomic E-state index is 12.8. The van der Waals surface area contributed by atoms with Crippen molar-refractivity contribution < 1.29 is 32.9 Å². The van der Waals surface area contributed by atoms with Gasteiger partial charge in [0.05, 0.1) is 39.9 Å². The van der Waals surface area contributed by atoms with Crippen molar-refractivity contribution >= 4 is 13.7 Å². The number of hydrogen-bond donors (Lipinski definition) is 3. The summed E-state index contributed by atoms with van der Waals surface area (Å²) in [6, 6.07) is -0.894. The van der Waals surface area contributed by atoms with Gasteiger partial charge in [-0.25, -0.2) is 4.57 Å². The third-order valence-electron chi connectivity index (χ3n) is 8.33. The van der Waals surface area contributed by atoms with E-state index < -0.39 is 20.0 Å². The maximum absolute atomic E-state index is 12.8. The molecule has 8 nitrogen and oxygen atoms in total. The molecule has 9 heteroatoms. The minimum Gasteiger partial charge on any atom is -0.387 e. The number of quaternary nitrogens is 1. The fraction of sp³-hybridized carbons (Fsp3) is 0.659. The van der Waals surface area contributed by atoms with Crippen LogP contribution in [0.15, 0.2) is 85.1 Å². The smallest absolute Gasteiger partial charge is 0.387 e. The summed E-state index contributed by atoms with van der Waals surface area (Å²) < 4.78 is 23.4. The van der Waals surface area contributed by atoms with Crippen molar-refractivity contribution in [2.75, 3.05) is 40.9 Å². The Morgan fingerprint density at radius 2 is 1.15 bits per heavy atom. The third kappa shape index (κ3) is 37.8. The molecule has 0 spiro atoms. The van der Waals surface area contributed by atoms with Crippen LogP contribution in [0.4, 0.5) is 0 Å². The summed E-state index contributed by atoms with van der Waals surface area (Å²) in [7, 11) is 1.50. The zero-order valence-electron chi connectivity index (χ0n) is 34.2. The van der Waals surface area contributed by atoms with E-state index in [-0.39, 0.29) is 25.5 Å². The first-order valence-corrected chi connectivity index (χ1v) is 22.0. The Balaban J connectivity index is 4.68. The predicted molar refractivity (Wildman–Crippen MR) is 226 cm³/mol. The Morgan fingerprint density at radius 3 is 1.74 bits per heavy atom. The van der Waals surface area contributed by atoms with Crippen LogP contribution in [0.1, 0.15) is 136 Å². The number of carbonyl (C=O) groups is 1. The quantitative estimate of drug-likeness (QED) is 0.0257. The van der Waals surface area contributed by atoms with Crippen molar-refractivity contribution in [3.05, 3.63) is 85.1 Å². The number of carbonyl (C=O) groups excluding carboxylic acids is 1. The first-order chi connectivity index (χ1) is 25.5. The Hall–Kier alpha value is -2.32. The van der Waals surface area contributed by atoms with Crippen molar-refractivity contribution in [2.45, 2.75) is 148 Å². The molecule has 0 bridgehead atoms. The molecule has 53 heavy (non-hydrogen) atoms. The van der Waals surface area contributed by atoms with Crippen LogP contribution >= 0.6 is 7.82 Å². The van der Waals surface area contributed by atoms with E-state index in [4.69, 9.17) is 9.05 Å². The second-order valence-corrected chi connectivity index (χ2v) is 16.1. The minimum atomic E-state index is -4.36. The van der Waals surface area contributed by atoms with Crippen LogP contribution in [0.25, 0.3) is 0 Å². The summed E-state index contributed by atoms with van der Waals surface area (Å²) in [5.41, 5.74) is 0. The molecule has 0 heterocycles. The van der Waals surface area contributed by atoms with Crippen LogP contribution in [0.3, 0.4) is 0 Å². The topological polar surface area (TPSA) is 105 Å². The summed E-state index contributed by atoms with van der Waals surface area (Å²) in [5.74, 6) is -0.237. The van der Waals surface area contributed by atoms with Gasteiger partial charge in [0, 0.05) is 6.42 Å². The molecule has 1 amide bonds. The summed E-state index contributed by atoms with van der Waals surface area (Å²) in [6.07, 6.45) is 48.0. The Kier molecular flexibility index (Phi) is 33.8. The first-order valence-electron chi connectivity index (χ1n) is 20.5. The number of nitrogens with one attached hydrogen (secondary N) is 1. The highest BCUT2D eigenvalue weighted by atomic mass is 31.2. The van der Waals surface area contributed by atoms with Gasteiger partial charge in [-0.05, 0) is 83.5 Å². The minimum absolute atomic E-state index is 0.0407. The molecule has 3 atom stereocenters. The van der Waals surface area contributed by atoms with Crippen LogP contribution in [0.2, 0.25) is 0 Å². The van der Waals surface area contributed by atoms with Crippen molar-refractivity contribution in [3.8, 4) is 0 Å². The molecule has 0 aromatic rings. The molecule has 3 N–H and O–H groups in total. The van der Waals surface area contributed by atoms with Crippen molar-refractivity contribution in [3.63, 3.8) is 0 Å². The summed E-state index contributed by atoms with van der Waals surface area (Å²) in [5, 5.41) is 13.7. The SMILES string of the molecule is CC/C=C\C/C=C\C/C=C\C/C=C\CCCCC(=O)NC(COP(=O)(O)OCC[N+](C)(C)C)C(O)/C=C/CC/C=C/CC/C=C/CCCCCCCC. The molecule has 0 aliphatic rings. The fourth-order valence-electron chi connectivity index (χ4n) is 5.06. The molecular formula is C44H78N2O6P+. The number of aliphatic hydroxyl groups is 1. The summed E-state index contributed by atoms with van der Waals surface area (Å²) in [4.78, 5) is 23.0. The van der Waals surface area contributed by atoms with E-state index in [0.29, 0.717) is 17.4 Å². The van der Waals surface area contributed by atoms with Gasteiger partial charge in [0.1, 0.15) is 13.2 Å². The number of aliphatic hydroxyl groups excluding tert-OH is 1. The van der Waals surface area contributed by atoms with E-state index in [9.17, 15) is 19.4 Å². The van der Waals surface area contributed by atoms with E-state index in [0.717, 1.165) is 64.2 Å². The molecule has 0 aromatic heterocycles. The average Bonchev–Trinajstić information content (AvgIpc) is 3.10. The number of phosphoric acid groups is 1. The highest BCUT2D eigenvalue weighted by molar-refractivity contribution is 7.47. The van der Waals surface area contributed by atoms with E-state index in [1.165, 1.54) is 44.9 Å². The lowest BCUT2D eigenvalue weighted by Crippen LogP contribution is -2.45. The van der Waals surface area contributed by atoms with Gasteiger partial charge in [0.15, 0.2) is 0 Å². The normalized spacial score (nSPS) is 15.4. The Bertz CT molecular complexity index is 1140. The van der Waals surface area contributed by atoms with Crippen LogP contribution in [-0.4, -0.2) is 73.4 Å². The number of amides is 1. The monoisotopic (exact) mass is 762 g/mol. The number of allylic oxidation sites excluding steroid dienone is 13. The molecule has 0 saturated carbocycles. The molecule has 0 aliphatic carbocycles. The second-order valence-electron chi connectivity index (χ2n) is 14.6. The van der Waals surface area contributed by atoms with Gasteiger partial charge < -0.3 is 19.8 Å². The average molecular weight is 762 g/mol. The number of hydrogen-bond acceptors (Lipinski definition) is 5. The van der Waals surface area contributed by atoms with E-state index in [1.54, 1.807) is 6.08 Å². The largest absolute Gasteiger partial charge is 0.472 e. The van der Waals surface area contributed by atoms with Gasteiger partial charge >= 0.3 is 7.82 Å². The van der Waals surface area contributed by atoms with Crippen LogP contribution < -0.4 is 5.32 Å². The Morgan fingerprint density at radius 1 is 0.660 bits per heavy atom. The molecule has 0 saturated heterocycles. The van der Waals surface area contributed by atoms with Gasteiger partial charge in [0.25, 0.3) is 0 Å². The third-order valence-corrected chi connectivity index (χ3v) is 9.31. The molecule has 304 valence electrons.